The fourth-order valence-electron chi connectivity index (χ4n) is 2.89. The number of amides is 3. The van der Waals surface area contributed by atoms with Gasteiger partial charge in [-0.15, -0.1) is 0 Å². The van der Waals surface area contributed by atoms with Gasteiger partial charge in [0.1, 0.15) is 17.4 Å². The number of carbonyl (C=O) groups is 2. The summed E-state index contributed by atoms with van der Waals surface area (Å²) in [6.45, 7) is 1.67. The number of nitrogens with zero attached hydrogens (tertiary/aromatic N) is 1. The van der Waals surface area contributed by atoms with E-state index in [4.69, 9.17) is 10.2 Å². The predicted octanol–water partition coefficient (Wildman–Crippen LogP) is 2.83. The molecular formula is C17H16F2N4O3. The molecule has 3 rings (SSSR count). The number of hydrogen-bond donors (Lipinski definition) is 3. The third kappa shape index (κ3) is 3.41. The summed E-state index contributed by atoms with van der Waals surface area (Å²) in [7, 11) is 0. The van der Waals surface area contributed by atoms with Crippen LogP contribution in [0.15, 0.2) is 27.7 Å². The lowest BCUT2D eigenvalue weighted by atomic mass is 9.93. The quantitative estimate of drug-likeness (QED) is 0.730. The van der Waals surface area contributed by atoms with Crippen molar-refractivity contribution in [3.63, 3.8) is 0 Å². The molecule has 1 aliphatic carbocycles. The monoisotopic (exact) mass is 362 g/mol. The number of halogens is 2. The first-order valence-electron chi connectivity index (χ1n) is 7.88. The highest BCUT2D eigenvalue weighted by Crippen LogP contribution is 2.30. The highest BCUT2D eigenvalue weighted by molar-refractivity contribution is 6.09. The Kier molecular flexibility index (Phi) is 4.70. The summed E-state index contributed by atoms with van der Waals surface area (Å²) in [4.78, 5) is 23.3. The Morgan fingerprint density at radius 1 is 1.27 bits per heavy atom. The van der Waals surface area contributed by atoms with Gasteiger partial charge in [0.25, 0.3) is 5.91 Å². The number of rotatable bonds is 3. The Bertz CT molecular complexity index is 921. The van der Waals surface area contributed by atoms with E-state index in [0.29, 0.717) is 41.5 Å². The number of fused-ring (bicyclic) bond motifs is 1. The van der Waals surface area contributed by atoms with E-state index in [-0.39, 0.29) is 11.4 Å². The SMILES string of the molecule is Cc1c(C(=O)Nc2ccc(F)cc2F)oc2c1/C(=N/NC(N)=O)CCC2. The molecule has 3 amide bonds. The second-order valence-electron chi connectivity index (χ2n) is 5.82. The number of hydrogen-bond acceptors (Lipinski definition) is 4. The standard InChI is InChI=1S/C17H16F2N4O3/c1-8-14-12(22-23-17(20)25)3-2-4-13(14)26-15(8)16(24)21-11-6-5-9(18)7-10(11)19/h5-7H,2-4H2,1H3,(H,21,24)(H3,20,23,25)/b22-12+. The van der Waals surface area contributed by atoms with Crippen molar-refractivity contribution in [1.29, 1.82) is 0 Å². The largest absolute Gasteiger partial charge is 0.455 e. The van der Waals surface area contributed by atoms with Gasteiger partial charge >= 0.3 is 6.03 Å². The predicted molar refractivity (Wildman–Crippen MR) is 90.0 cm³/mol. The second-order valence-corrected chi connectivity index (χ2v) is 5.82. The van der Waals surface area contributed by atoms with Gasteiger partial charge in [0.15, 0.2) is 5.76 Å². The van der Waals surface area contributed by atoms with Crippen LogP contribution in [0.5, 0.6) is 0 Å². The van der Waals surface area contributed by atoms with Crippen LogP contribution in [-0.2, 0) is 6.42 Å². The minimum atomic E-state index is -0.889. The van der Waals surface area contributed by atoms with Crippen molar-refractivity contribution in [3.8, 4) is 0 Å². The van der Waals surface area contributed by atoms with Crippen LogP contribution in [0.1, 0.15) is 40.3 Å². The number of nitrogens with two attached hydrogens (primary N) is 1. The van der Waals surface area contributed by atoms with E-state index in [0.717, 1.165) is 18.6 Å². The summed E-state index contributed by atoms with van der Waals surface area (Å²) in [5.41, 5.74) is 8.75. The Balaban J connectivity index is 1.91. The molecule has 4 N–H and O–H groups in total. The first-order valence-corrected chi connectivity index (χ1v) is 7.88. The third-order valence-electron chi connectivity index (χ3n) is 4.01. The van der Waals surface area contributed by atoms with E-state index in [1.807, 2.05) is 0 Å². The van der Waals surface area contributed by atoms with Crippen molar-refractivity contribution in [1.82, 2.24) is 5.43 Å². The molecule has 0 saturated carbocycles. The number of urea groups is 1. The van der Waals surface area contributed by atoms with E-state index < -0.39 is 23.6 Å². The van der Waals surface area contributed by atoms with E-state index in [9.17, 15) is 18.4 Å². The van der Waals surface area contributed by atoms with Gasteiger partial charge in [0, 0.05) is 23.6 Å². The molecule has 1 aromatic carbocycles. The average Bonchev–Trinajstić information content (AvgIpc) is 2.93. The Morgan fingerprint density at radius 2 is 2.04 bits per heavy atom. The van der Waals surface area contributed by atoms with Crippen molar-refractivity contribution < 1.29 is 22.8 Å². The van der Waals surface area contributed by atoms with Crippen molar-refractivity contribution >= 4 is 23.3 Å². The molecule has 1 aliphatic rings. The number of hydrazone groups is 1. The molecule has 0 bridgehead atoms. The molecule has 1 heterocycles. The number of carbonyl (C=O) groups excluding carboxylic acids is 2. The molecule has 7 nitrogen and oxygen atoms in total. The van der Waals surface area contributed by atoms with Crippen LogP contribution in [0.3, 0.4) is 0 Å². The lowest BCUT2D eigenvalue weighted by Crippen LogP contribution is -2.27. The van der Waals surface area contributed by atoms with Gasteiger partial charge in [-0.1, -0.05) is 0 Å². The molecule has 2 aromatic rings. The van der Waals surface area contributed by atoms with Gasteiger partial charge in [-0.05, 0) is 31.9 Å². The number of furan rings is 1. The summed E-state index contributed by atoms with van der Waals surface area (Å²) in [6, 6.07) is 2.05. The Hall–Kier alpha value is -3.23. The number of aryl methyl sites for hydroxylation is 1. The third-order valence-corrected chi connectivity index (χ3v) is 4.01. The molecule has 9 heteroatoms. The molecule has 136 valence electrons. The molecule has 0 fully saturated rings. The van der Waals surface area contributed by atoms with Crippen molar-refractivity contribution in [2.75, 3.05) is 5.32 Å². The van der Waals surface area contributed by atoms with E-state index in [2.05, 4.69) is 15.8 Å². The Labute approximate surface area is 147 Å². The number of anilines is 1. The highest BCUT2D eigenvalue weighted by Gasteiger charge is 2.28. The van der Waals surface area contributed by atoms with Gasteiger partial charge in [0.2, 0.25) is 0 Å². The zero-order chi connectivity index (χ0) is 18.8. The van der Waals surface area contributed by atoms with Crippen LogP contribution in [-0.4, -0.2) is 17.6 Å². The summed E-state index contributed by atoms with van der Waals surface area (Å²) in [6.07, 6.45) is 1.91. The van der Waals surface area contributed by atoms with E-state index >= 15 is 0 Å². The summed E-state index contributed by atoms with van der Waals surface area (Å²) in [5, 5.41) is 6.33. The van der Waals surface area contributed by atoms with Crippen LogP contribution in [0.25, 0.3) is 0 Å². The molecule has 0 unspecified atom stereocenters. The minimum Gasteiger partial charge on any atom is -0.455 e. The topological polar surface area (TPSA) is 110 Å². The fraction of sp³-hybridized carbons (Fsp3) is 0.235. The van der Waals surface area contributed by atoms with Crippen LogP contribution in [0.4, 0.5) is 19.3 Å². The van der Waals surface area contributed by atoms with Crippen LogP contribution < -0.4 is 16.5 Å². The zero-order valence-electron chi connectivity index (χ0n) is 13.9. The summed E-state index contributed by atoms with van der Waals surface area (Å²) in [5.74, 6) is -1.73. The zero-order valence-corrected chi connectivity index (χ0v) is 13.9. The molecule has 0 spiro atoms. The lowest BCUT2D eigenvalue weighted by molar-refractivity contribution is 0.0993. The Morgan fingerprint density at radius 3 is 2.73 bits per heavy atom. The average molecular weight is 362 g/mol. The molecular weight excluding hydrogens is 346 g/mol. The van der Waals surface area contributed by atoms with E-state index in [1.54, 1.807) is 6.92 Å². The number of benzene rings is 1. The first-order chi connectivity index (χ1) is 12.4. The smallest absolute Gasteiger partial charge is 0.332 e. The maximum Gasteiger partial charge on any atom is 0.332 e. The van der Waals surface area contributed by atoms with Crippen LogP contribution >= 0.6 is 0 Å². The molecule has 0 saturated heterocycles. The van der Waals surface area contributed by atoms with Crippen molar-refractivity contribution in [2.24, 2.45) is 10.8 Å². The molecule has 0 aliphatic heterocycles. The van der Waals surface area contributed by atoms with Crippen LogP contribution in [0, 0.1) is 18.6 Å². The van der Waals surface area contributed by atoms with Crippen LogP contribution in [0.2, 0.25) is 0 Å². The number of nitrogens with one attached hydrogen (secondary N) is 2. The normalized spacial score (nSPS) is 14.8. The van der Waals surface area contributed by atoms with Gasteiger partial charge < -0.3 is 15.5 Å². The first kappa shape index (κ1) is 17.6. The van der Waals surface area contributed by atoms with Crippen molar-refractivity contribution in [2.45, 2.75) is 26.2 Å². The van der Waals surface area contributed by atoms with Gasteiger partial charge in [-0.3, -0.25) is 4.79 Å². The van der Waals surface area contributed by atoms with Gasteiger partial charge in [0.05, 0.1) is 11.4 Å². The summed E-state index contributed by atoms with van der Waals surface area (Å²) < 4.78 is 32.3. The van der Waals surface area contributed by atoms with Gasteiger partial charge in [-0.2, -0.15) is 5.10 Å². The van der Waals surface area contributed by atoms with Gasteiger partial charge in [-0.25, -0.2) is 19.0 Å². The molecule has 0 atom stereocenters. The highest BCUT2D eigenvalue weighted by atomic mass is 19.1. The molecule has 26 heavy (non-hydrogen) atoms. The maximum absolute atomic E-state index is 13.7. The minimum absolute atomic E-state index is 0.00685. The lowest BCUT2D eigenvalue weighted by Gasteiger charge is -2.13. The molecule has 0 radical (unpaired) electrons. The summed E-state index contributed by atoms with van der Waals surface area (Å²) >= 11 is 0. The molecule has 1 aromatic heterocycles. The second kappa shape index (κ2) is 6.95. The van der Waals surface area contributed by atoms with Crippen molar-refractivity contribution in [3.05, 3.63) is 52.5 Å². The number of primary amides is 1. The van der Waals surface area contributed by atoms with E-state index in [1.165, 1.54) is 0 Å². The fourth-order valence-corrected chi connectivity index (χ4v) is 2.89. The maximum atomic E-state index is 13.7.